The molecule has 102 valence electrons. The van der Waals surface area contributed by atoms with Gasteiger partial charge in [-0.2, -0.15) is 9.57 Å². The highest BCUT2D eigenvalue weighted by Crippen LogP contribution is 2.33. The lowest BCUT2D eigenvalue weighted by Crippen LogP contribution is -2.47. The van der Waals surface area contributed by atoms with E-state index < -0.39 is 15.6 Å². The topological polar surface area (TPSA) is 81.4 Å². The number of benzene rings is 1. The van der Waals surface area contributed by atoms with E-state index in [1.807, 2.05) is 6.07 Å². The summed E-state index contributed by atoms with van der Waals surface area (Å²) in [4.78, 5) is 0.160. The van der Waals surface area contributed by atoms with Crippen LogP contribution in [-0.4, -0.2) is 36.5 Å². The number of rotatable bonds is 3. The van der Waals surface area contributed by atoms with E-state index in [9.17, 15) is 13.5 Å². The number of aliphatic hydroxyl groups is 1. The number of hydrogen-bond donors (Lipinski definition) is 1. The summed E-state index contributed by atoms with van der Waals surface area (Å²) >= 11 is 0. The molecule has 0 bridgehead atoms. The van der Waals surface area contributed by atoms with Crippen LogP contribution in [0, 0.1) is 11.3 Å². The second-order valence-corrected chi connectivity index (χ2v) is 6.83. The van der Waals surface area contributed by atoms with Gasteiger partial charge in [-0.15, -0.1) is 0 Å². The van der Waals surface area contributed by atoms with E-state index in [1.165, 1.54) is 28.6 Å². The van der Waals surface area contributed by atoms with Crippen molar-refractivity contribution in [3.05, 3.63) is 29.8 Å². The summed E-state index contributed by atoms with van der Waals surface area (Å²) in [7, 11) is -3.62. The average molecular weight is 280 g/mol. The molecule has 1 aliphatic rings. The number of hydrogen-bond acceptors (Lipinski definition) is 4. The van der Waals surface area contributed by atoms with Gasteiger partial charge < -0.3 is 5.11 Å². The zero-order valence-corrected chi connectivity index (χ0v) is 11.5. The zero-order chi connectivity index (χ0) is 14.1. The van der Waals surface area contributed by atoms with Crippen LogP contribution < -0.4 is 0 Å². The minimum absolute atomic E-state index is 0.160. The minimum Gasteiger partial charge on any atom is -0.394 e. The smallest absolute Gasteiger partial charge is 0.243 e. The summed E-state index contributed by atoms with van der Waals surface area (Å²) in [6.45, 7) is 1.98. The number of sulfonamides is 1. The first kappa shape index (κ1) is 14.0. The van der Waals surface area contributed by atoms with Gasteiger partial charge >= 0.3 is 0 Å². The maximum absolute atomic E-state index is 12.5. The van der Waals surface area contributed by atoms with Crippen molar-refractivity contribution in [3.8, 4) is 6.07 Å². The molecule has 0 aromatic heterocycles. The summed E-state index contributed by atoms with van der Waals surface area (Å²) in [6, 6.07) is 7.79. The van der Waals surface area contributed by atoms with Crippen molar-refractivity contribution >= 4 is 10.0 Å². The van der Waals surface area contributed by atoms with Gasteiger partial charge in [-0.3, -0.25) is 0 Å². The Labute approximate surface area is 113 Å². The average Bonchev–Trinajstić information content (AvgIpc) is 2.82. The third kappa shape index (κ3) is 2.37. The monoisotopic (exact) mass is 280 g/mol. The van der Waals surface area contributed by atoms with Crippen molar-refractivity contribution in [1.29, 1.82) is 5.26 Å². The fraction of sp³-hybridized carbons (Fsp3) is 0.462. The van der Waals surface area contributed by atoms with Gasteiger partial charge in [0.05, 0.1) is 28.7 Å². The first-order valence-electron chi connectivity index (χ1n) is 6.08. The molecule has 6 heteroatoms. The maximum Gasteiger partial charge on any atom is 0.243 e. The Morgan fingerprint density at radius 2 is 2.05 bits per heavy atom. The third-order valence-electron chi connectivity index (χ3n) is 3.59. The molecular formula is C13H16N2O3S. The second-order valence-electron chi connectivity index (χ2n) is 4.97. The lowest BCUT2D eigenvalue weighted by molar-refractivity contribution is 0.137. The molecule has 1 atom stereocenters. The molecule has 1 aromatic carbocycles. The predicted molar refractivity (Wildman–Crippen MR) is 69.8 cm³/mol. The van der Waals surface area contributed by atoms with E-state index in [0.717, 1.165) is 6.42 Å². The van der Waals surface area contributed by atoms with Crippen LogP contribution in [0.15, 0.2) is 29.2 Å². The van der Waals surface area contributed by atoms with Crippen molar-refractivity contribution in [2.75, 3.05) is 13.2 Å². The van der Waals surface area contributed by atoms with Crippen LogP contribution in [0.2, 0.25) is 0 Å². The molecular weight excluding hydrogens is 264 g/mol. The number of nitriles is 1. The van der Waals surface area contributed by atoms with E-state index >= 15 is 0 Å². The van der Waals surface area contributed by atoms with Crippen LogP contribution in [-0.2, 0) is 10.0 Å². The Morgan fingerprint density at radius 1 is 1.42 bits per heavy atom. The lowest BCUT2D eigenvalue weighted by Gasteiger charge is -2.32. The second kappa shape index (κ2) is 4.93. The fourth-order valence-corrected chi connectivity index (χ4v) is 4.23. The molecule has 1 aliphatic heterocycles. The van der Waals surface area contributed by atoms with Crippen LogP contribution in [0.5, 0.6) is 0 Å². The first-order chi connectivity index (χ1) is 8.94. The summed E-state index contributed by atoms with van der Waals surface area (Å²) in [5.74, 6) is 0. The van der Waals surface area contributed by atoms with Gasteiger partial charge in [0.1, 0.15) is 0 Å². The van der Waals surface area contributed by atoms with Crippen LogP contribution in [0.3, 0.4) is 0 Å². The molecule has 1 N–H and O–H groups in total. The Balaban J connectivity index is 2.39. The van der Waals surface area contributed by atoms with Crippen LogP contribution >= 0.6 is 0 Å². The minimum atomic E-state index is -3.62. The van der Waals surface area contributed by atoms with Crippen molar-refractivity contribution in [2.24, 2.45) is 0 Å². The van der Waals surface area contributed by atoms with Crippen LogP contribution in [0.25, 0.3) is 0 Å². The molecule has 0 radical (unpaired) electrons. The largest absolute Gasteiger partial charge is 0.394 e. The van der Waals surface area contributed by atoms with E-state index in [-0.39, 0.29) is 11.5 Å². The third-order valence-corrected chi connectivity index (χ3v) is 5.66. The summed E-state index contributed by atoms with van der Waals surface area (Å²) in [6.07, 6.45) is 1.39. The zero-order valence-electron chi connectivity index (χ0n) is 10.7. The molecule has 0 spiro atoms. The molecule has 1 fully saturated rings. The highest BCUT2D eigenvalue weighted by Gasteiger charge is 2.43. The van der Waals surface area contributed by atoms with Crippen molar-refractivity contribution in [3.63, 3.8) is 0 Å². The van der Waals surface area contributed by atoms with Gasteiger partial charge in [0.25, 0.3) is 0 Å². The molecule has 0 aliphatic carbocycles. The standard InChI is InChI=1S/C13H16N2O3S/c1-13(10-16)7-2-8-15(13)19(17,18)12-5-3-11(9-14)4-6-12/h3-6,16H,2,7-8,10H2,1H3/t13-/m0/s1. The maximum atomic E-state index is 12.5. The first-order valence-corrected chi connectivity index (χ1v) is 7.52. The molecule has 1 saturated heterocycles. The molecule has 1 heterocycles. The highest BCUT2D eigenvalue weighted by molar-refractivity contribution is 7.89. The molecule has 0 saturated carbocycles. The lowest BCUT2D eigenvalue weighted by atomic mass is 10.0. The van der Waals surface area contributed by atoms with Gasteiger partial charge in [-0.25, -0.2) is 8.42 Å². The number of aliphatic hydroxyl groups excluding tert-OH is 1. The Hall–Kier alpha value is -1.42. The normalized spacial score (nSPS) is 24.3. The van der Waals surface area contributed by atoms with Crippen molar-refractivity contribution in [2.45, 2.75) is 30.2 Å². The molecule has 2 rings (SSSR count). The highest BCUT2D eigenvalue weighted by atomic mass is 32.2. The molecule has 1 aromatic rings. The van der Waals surface area contributed by atoms with Crippen LogP contribution in [0.4, 0.5) is 0 Å². The van der Waals surface area contributed by atoms with E-state index in [2.05, 4.69) is 0 Å². The van der Waals surface area contributed by atoms with Gasteiger partial charge in [0.15, 0.2) is 0 Å². The van der Waals surface area contributed by atoms with E-state index in [4.69, 9.17) is 5.26 Å². The molecule has 5 nitrogen and oxygen atoms in total. The van der Waals surface area contributed by atoms with E-state index in [0.29, 0.717) is 18.5 Å². The van der Waals surface area contributed by atoms with Crippen LogP contribution in [0.1, 0.15) is 25.3 Å². The molecule has 0 amide bonds. The van der Waals surface area contributed by atoms with Gasteiger partial charge in [-0.1, -0.05) is 0 Å². The Morgan fingerprint density at radius 3 is 2.58 bits per heavy atom. The van der Waals surface area contributed by atoms with Gasteiger partial charge in [0, 0.05) is 6.54 Å². The van der Waals surface area contributed by atoms with Crippen molar-refractivity contribution < 1.29 is 13.5 Å². The summed E-state index contributed by atoms with van der Waals surface area (Å²) < 4.78 is 26.4. The van der Waals surface area contributed by atoms with E-state index in [1.54, 1.807) is 6.92 Å². The Bertz CT molecular complexity index is 604. The summed E-state index contributed by atoms with van der Waals surface area (Å²) in [5, 5.41) is 18.2. The quantitative estimate of drug-likeness (QED) is 0.898. The Kier molecular flexibility index (Phi) is 3.63. The SMILES string of the molecule is C[C@@]1(CO)CCCN1S(=O)(=O)c1ccc(C#N)cc1. The number of nitrogens with zero attached hydrogens (tertiary/aromatic N) is 2. The van der Waals surface area contributed by atoms with Crippen molar-refractivity contribution in [1.82, 2.24) is 4.31 Å². The predicted octanol–water partition coefficient (Wildman–Crippen LogP) is 1.09. The molecule has 0 unspecified atom stereocenters. The molecule has 19 heavy (non-hydrogen) atoms. The fourth-order valence-electron chi connectivity index (χ4n) is 2.40. The van der Waals surface area contributed by atoms with Gasteiger partial charge in [0.2, 0.25) is 10.0 Å². The summed E-state index contributed by atoms with van der Waals surface area (Å²) in [5.41, 5.74) is -0.308. The van der Waals surface area contributed by atoms with Gasteiger partial charge in [-0.05, 0) is 44.0 Å².